The minimum atomic E-state index is -4.02. The van der Waals surface area contributed by atoms with Gasteiger partial charge in [0.25, 0.3) is 10.0 Å². The summed E-state index contributed by atoms with van der Waals surface area (Å²) in [5, 5.41) is 0.00574. The fraction of sp³-hybridized carbons (Fsp3) is 0.154. The normalized spacial score (nSPS) is 11.4. The van der Waals surface area contributed by atoms with E-state index in [4.69, 9.17) is 17.3 Å². The van der Waals surface area contributed by atoms with Gasteiger partial charge in [-0.1, -0.05) is 11.6 Å². The molecule has 0 spiro atoms. The van der Waals surface area contributed by atoms with Crippen LogP contribution >= 0.6 is 11.6 Å². The number of hydrogen-bond acceptors (Lipinski definition) is 4. The van der Waals surface area contributed by atoms with E-state index in [1.54, 1.807) is 6.92 Å². The Morgan fingerprint density at radius 1 is 1.29 bits per heavy atom. The van der Waals surface area contributed by atoms with Gasteiger partial charge in [0.1, 0.15) is 5.82 Å². The van der Waals surface area contributed by atoms with Gasteiger partial charge in [-0.2, -0.15) is 0 Å². The van der Waals surface area contributed by atoms with Gasteiger partial charge in [0.2, 0.25) is 0 Å². The quantitative estimate of drug-likeness (QED) is 0.669. The van der Waals surface area contributed by atoms with Crippen LogP contribution in [0.5, 0.6) is 0 Å². The Kier molecular flexibility index (Phi) is 4.06. The highest BCUT2D eigenvalue weighted by Crippen LogP contribution is 2.27. The van der Waals surface area contributed by atoms with E-state index in [1.807, 2.05) is 0 Å². The minimum Gasteiger partial charge on any atom is -0.399 e. The first-order chi connectivity index (χ1) is 9.70. The van der Waals surface area contributed by atoms with Crippen LogP contribution in [0.1, 0.15) is 11.1 Å². The summed E-state index contributed by atoms with van der Waals surface area (Å²) in [7, 11) is -4.02. The first-order valence-corrected chi connectivity index (χ1v) is 7.77. The van der Waals surface area contributed by atoms with Crippen molar-refractivity contribution in [2.75, 3.05) is 10.5 Å². The second-order valence-corrected chi connectivity index (χ2v) is 6.59. The lowest BCUT2D eigenvalue weighted by atomic mass is 10.2. The van der Waals surface area contributed by atoms with E-state index in [9.17, 15) is 12.8 Å². The molecule has 3 N–H and O–H groups in total. The number of benzene rings is 1. The molecule has 1 heterocycles. The first-order valence-electron chi connectivity index (χ1n) is 5.91. The number of sulfonamides is 1. The van der Waals surface area contributed by atoms with E-state index < -0.39 is 15.8 Å². The lowest BCUT2D eigenvalue weighted by Crippen LogP contribution is -2.16. The summed E-state index contributed by atoms with van der Waals surface area (Å²) in [6.07, 6.45) is 1.51. The SMILES string of the molecule is Cc1cnc(Cl)c(NS(=O)(=O)c2cc(N)cc(F)c2C)c1. The average Bonchev–Trinajstić information content (AvgIpc) is 2.37. The second-order valence-electron chi connectivity index (χ2n) is 4.58. The molecule has 0 bridgehead atoms. The van der Waals surface area contributed by atoms with Crippen molar-refractivity contribution in [2.24, 2.45) is 0 Å². The van der Waals surface area contributed by atoms with Crippen LogP contribution < -0.4 is 10.5 Å². The van der Waals surface area contributed by atoms with E-state index in [0.29, 0.717) is 0 Å². The topological polar surface area (TPSA) is 85.1 Å². The van der Waals surface area contributed by atoms with Crippen LogP contribution in [0.4, 0.5) is 15.8 Å². The number of anilines is 2. The molecule has 8 heteroatoms. The van der Waals surface area contributed by atoms with Gasteiger partial charge in [0.15, 0.2) is 5.15 Å². The third kappa shape index (κ3) is 3.25. The molecule has 0 aliphatic rings. The Morgan fingerprint density at radius 2 is 1.95 bits per heavy atom. The molecule has 112 valence electrons. The lowest BCUT2D eigenvalue weighted by molar-refractivity contribution is 0.591. The molecular formula is C13H13ClFN3O2S. The fourth-order valence-electron chi connectivity index (χ4n) is 1.78. The number of aromatic nitrogens is 1. The molecule has 2 rings (SSSR count). The van der Waals surface area contributed by atoms with Crippen LogP contribution in [-0.2, 0) is 10.0 Å². The molecule has 0 saturated carbocycles. The van der Waals surface area contributed by atoms with Gasteiger partial charge in [0.05, 0.1) is 10.6 Å². The average molecular weight is 330 g/mol. The Bertz CT molecular complexity index is 809. The van der Waals surface area contributed by atoms with Crippen LogP contribution in [0.15, 0.2) is 29.3 Å². The highest BCUT2D eigenvalue weighted by Gasteiger charge is 2.21. The van der Waals surface area contributed by atoms with Crippen molar-refractivity contribution in [2.45, 2.75) is 18.7 Å². The zero-order chi connectivity index (χ0) is 15.8. The monoisotopic (exact) mass is 329 g/mol. The standard InChI is InChI=1S/C13H13ClFN3O2S/c1-7-3-11(13(14)17-6-7)18-21(19,20)12-5-9(16)4-10(15)8(12)2/h3-6,18H,16H2,1-2H3. The van der Waals surface area contributed by atoms with Gasteiger partial charge >= 0.3 is 0 Å². The molecule has 0 aliphatic carbocycles. The number of nitrogens with zero attached hydrogens (tertiary/aromatic N) is 1. The van der Waals surface area contributed by atoms with Gasteiger partial charge in [-0.05, 0) is 37.6 Å². The predicted octanol–water partition coefficient (Wildman–Crippen LogP) is 2.87. The van der Waals surface area contributed by atoms with Crippen molar-refractivity contribution >= 4 is 33.0 Å². The maximum absolute atomic E-state index is 13.6. The number of halogens is 2. The molecule has 0 atom stereocenters. The number of rotatable bonds is 3. The summed E-state index contributed by atoms with van der Waals surface area (Å²) in [4.78, 5) is 3.62. The summed E-state index contributed by atoms with van der Waals surface area (Å²) < 4.78 is 40.7. The van der Waals surface area contributed by atoms with E-state index in [0.717, 1.165) is 11.6 Å². The molecule has 0 radical (unpaired) electrons. The zero-order valence-electron chi connectivity index (χ0n) is 11.3. The van der Waals surface area contributed by atoms with Gasteiger partial charge < -0.3 is 5.73 Å². The smallest absolute Gasteiger partial charge is 0.262 e. The molecule has 1 aromatic carbocycles. The van der Waals surface area contributed by atoms with E-state index in [2.05, 4.69) is 9.71 Å². The van der Waals surface area contributed by atoms with Crippen LogP contribution in [0, 0.1) is 19.7 Å². The molecule has 1 aromatic heterocycles. The van der Waals surface area contributed by atoms with Gasteiger partial charge in [-0.15, -0.1) is 0 Å². The second kappa shape index (κ2) is 5.50. The Labute approximate surface area is 127 Å². The molecule has 0 aliphatic heterocycles. The molecular weight excluding hydrogens is 317 g/mol. The highest BCUT2D eigenvalue weighted by atomic mass is 35.5. The molecule has 5 nitrogen and oxygen atoms in total. The molecule has 21 heavy (non-hydrogen) atoms. The number of aryl methyl sites for hydroxylation is 1. The third-order valence-electron chi connectivity index (χ3n) is 2.83. The van der Waals surface area contributed by atoms with Gasteiger partial charge in [-0.3, -0.25) is 4.72 Å². The maximum atomic E-state index is 13.6. The van der Waals surface area contributed by atoms with E-state index in [-0.39, 0.29) is 27.0 Å². The largest absolute Gasteiger partial charge is 0.399 e. The van der Waals surface area contributed by atoms with Crippen LogP contribution in [-0.4, -0.2) is 13.4 Å². The first kappa shape index (κ1) is 15.5. The number of nitrogens with two attached hydrogens (primary N) is 1. The fourth-order valence-corrected chi connectivity index (χ4v) is 3.33. The molecule has 0 saturated heterocycles. The number of nitrogen functional groups attached to an aromatic ring is 1. The van der Waals surface area contributed by atoms with Crippen molar-refractivity contribution in [1.82, 2.24) is 4.98 Å². The van der Waals surface area contributed by atoms with Crippen molar-refractivity contribution in [1.29, 1.82) is 0 Å². The van der Waals surface area contributed by atoms with Gasteiger partial charge in [-0.25, -0.2) is 17.8 Å². The van der Waals surface area contributed by atoms with E-state index in [1.165, 1.54) is 25.3 Å². The minimum absolute atomic E-state index is 0.00574. The summed E-state index contributed by atoms with van der Waals surface area (Å²) in [5.74, 6) is -0.691. The Morgan fingerprint density at radius 3 is 2.62 bits per heavy atom. The summed E-state index contributed by atoms with van der Waals surface area (Å²) in [6, 6.07) is 3.79. The molecule has 0 fully saturated rings. The van der Waals surface area contributed by atoms with Crippen molar-refractivity contribution in [3.8, 4) is 0 Å². The number of hydrogen-bond donors (Lipinski definition) is 2. The Hall–Kier alpha value is -1.86. The van der Waals surface area contributed by atoms with Crippen molar-refractivity contribution < 1.29 is 12.8 Å². The summed E-state index contributed by atoms with van der Waals surface area (Å²) in [6.45, 7) is 3.10. The molecule has 0 amide bonds. The van der Waals surface area contributed by atoms with Gasteiger partial charge in [0, 0.05) is 17.4 Å². The van der Waals surface area contributed by atoms with Crippen LogP contribution in [0.3, 0.4) is 0 Å². The van der Waals surface area contributed by atoms with Crippen LogP contribution in [0.25, 0.3) is 0 Å². The van der Waals surface area contributed by atoms with Crippen molar-refractivity contribution in [3.05, 3.63) is 46.5 Å². The Balaban J connectivity index is 2.51. The molecule has 0 unspecified atom stereocenters. The third-order valence-corrected chi connectivity index (χ3v) is 4.62. The predicted molar refractivity (Wildman–Crippen MR) is 80.3 cm³/mol. The highest BCUT2D eigenvalue weighted by molar-refractivity contribution is 7.92. The zero-order valence-corrected chi connectivity index (χ0v) is 12.9. The summed E-state index contributed by atoms with van der Waals surface area (Å²) in [5.41, 5.74) is 6.36. The summed E-state index contributed by atoms with van der Waals surface area (Å²) >= 11 is 5.86. The maximum Gasteiger partial charge on any atom is 0.262 e. The van der Waals surface area contributed by atoms with Crippen LogP contribution in [0.2, 0.25) is 5.15 Å². The van der Waals surface area contributed by atoms with Crippen molar-refractivity contribution in [3.63, 3.8) is 0 Å². The number of pyridine rings is 1. The van der Waals surface area contributed by atoms with E-state index >= 15 is 0 Å². The molecule has 2 aromatic rings. The lowest BCUT2D eigenvalue weighted by Gasteiger charge is -2.12. The number of nitrogens with one attached hydrogen (secondary N) is 1.